The molecular formula is C26H23ClNNaO5. The Kier molecular flexibility index (Phi) is 9.03. The molecule has 34 heavy (non-hydrogen) atoms. The van der Waals surface area contributed by atoms with Crippen LogP contribution in [-0.4, -0.2) is 25.0 Å². The maximum Gasteiger partial charge on any atom is 1.00 e. The number of carboxylic acid groups (broad SMARTS) is 1. The van der Waals surface area contributed by atoms with Gasteiger partial charge in [0, 0.05) is 35.6 Å². The molecule has 0 bridgehead atoms. The molecule has 1 aliphatic rings. The monoisotopic (exact) mass is 487 g/mol. The van der Waals surface area contributed by atoms with E-state index in [4.69, 9.17) is 21.1 Å². The van der Waals surface area contributed by atoms with Gasteiger partial charge in [-0.2, -0.15) is 0 Å². The van der Waals surface area contributed by atoms with E-state index in [0.29, 0.717) is 41.3 Å². The molecule has 4 rings (SSSR count). The fourth-order valence-electron chi connectivity index (χ4n) is 3.80. The van der Waals surface area contributed by atoms with Gasteiger partial charge < -0.3 is 24.7 Å². The van der Waals surface area contributed by atoms with Gasteiger partial charge in [-0.05, 0) is 55.7 Å². The topological polar surface area (TPSA) is 87.7 Å². The summed E-state index contributed by atoms with van der Waals surface area (Å²) in [6.45, 7) is 2.86. The number of rotatable bonds is 7. The van der Waals surface area contributed by atoms with Crippen LogP contribution in [0.15, 0.2) is 60.7 Å². The summed E-state index contributed by atoms with van der Waals surface area (Å²) < 4.78 is 11.4. The Hall–Kier alpha value is -2.51. The number of carbonyl (C=O) groups excluding carboxylic acids is 2. The summed E-state index contributed by atoms with van der Waals surface area (Å²) in [6.07, 6.45) is 1.09. The van der Waals surface area contributed by atoms with Crippen LogP contribution >= 0.6 is 11.6 Å². The number of carbonyl (C=O) groups is 2. The zero-order valence-electron chi connectivity index (χ0n) is 19.1. The van der Waals surface area contributed by atoms with E-state index in [-0.39, 0.29) is 47.1 Å². The number of fused-ring (bicyclic) bond motifs is 1. The Labute approximate surface area is 225 Å². The van der Waals surface area contributed by atoms with E-state index in [1.165, 1.54) is 11.1 Å². The number of nitrogens with one attached hydrogen (secondary N) is 1. The summed E-state index contributed by atoms with van der Waals surface area (Å²) in [6, 6.07) is 18.0. The van der Waals surface area contributed by atoms with Crippen molar-refractivity contribution in [3.8, 4) is 17.2 Å². The zero-order valence-corrected chi connectivity index (χ0v) is 21.9. The molecule has 3 aromatic carbocycles. The number of amides is 1. The van der Waals surface area contributed by atoms with Crippen LogP contribution in [0.4, 0.5) is 0 Å². The largest absolute Gasteiger partial charge is 1.00 e. The van der Waals surface area contributed by atoms with E-state index in [0.717, 1.165) is 6.42 Å². The number of aliphatic carboxylic acids is 1. The van der Waals surface area contributed by atoms with Gasteiger partial charge in [-0.1, -0.05) is 41.4 Å². The van der Waals surface area contributed by atoms with E-state index < -0.39 is 11.9 Å². The molecule has 0 saturated heterocycles. The Morgan fingerprint density at radius 3 is 2.62 bits per heavy atom. The Balaban J connectivity index is 0.00000324. The van der Waals surface area contributed by atoms with Crippen molar-refractivity contribution < 1.29 is 53.7 Å². The molecule has 1 atom stereocenters. The van der Waals surface area contributed by atoms with Crippen molar-refractivity contribution in [2.24, 2.45) is 0 Å². The van der Waals surface area contributed by atoms with Crippen LogP contribution in [-0.2, 0) is 11.2 Å². The first-order chi connectivity index (χ1) is 15.9. The van der Waals surface area contributed by atoms with Gasteiger partial charge in [-0.3, -0.25) is 4.79 Å². The number of benzene rings is 3. The van der Waals surface area contributed by atoms with Crippen molar-refractivity contribution in [2.75, 3.05) is 13.2 Å². The number of aryl methyl sites for hydroxylation is 1. The van der Waals surface area contributed by atoms with Gasteiger partial charge in [-0.15, -0.1) is 0 Å². The first-order valence-corrected chi connectivity index (χ1v) is 11.1. The van der Waals surface area contributed by atoms with Crippen LogP contribution in [0.3, 0.4) is 0 Å². The van der Waals surface area contributed by atoms with Crippen LogP contribution in [0.5, 0.6) is 17.2 Å². The third-order valence-electron chi connectivity index (χ3n) is 5.51. The molecule has 0 aromatic heterocycles. The van der Waals surface area contributed by atoms with E-state index in [2.05, 4.69) is 11.4 Å². The molecule has 0 saturated carbocycles. The van der Waals surface area contributed by atoms with Crippen LogP contribution in [0, 0.1) is 6.92 Å². The molecule has 1 amide bonds. The van der Waals surface area contributed by atoms with Gasteiger partial charge in [0.25, 0.3) is 5.91 Å². The molecule has 1 N–H and O–H groups in total. The zero-order chi connectivity index (χ0) is 23.4. The number of hydrogen-bond acceptors (Lipinski definition) is 5. The number of halogens is 1. The first-order valence-electron chi connectivity index (χ1n) is 10.7. The first kappa shape index (κ1) is 26.1. The smallest absolute Gasteiger partial charge is 0.549 e. The van der Waals surface area contributed by atoms with Gasteiger partial charge >= 0.3 is 29.6 Å². The van der Waals surface area contributed by atoms with Crippen LogP contribution in [0.1, 0.15) is 39.4 Å². The summed E-state index contributed by atoms with van der Waals surface area (Å²) >= 11 is 6.32. The number of ether oxygens (including phenoxy) is 2. The van der Waals surface area contributed by atoms with Crippen molar-refractivity contribution in [1.82, 2.24) is 5.32 Å². The molecule has 1 heterocycles. The van der Waals surface area contributed by atoms with Crippen LogP contribution < -0.4 is 49.5 Å². The molecule has 0 fully saturated rings. The van der Waals surface area contributed by atoms with Gasteiger partial charge in [0.1, 0.15) is 17.2 Å². The number of hydrogen-bond donors (Lipinski definition) is 1. The summed E-state index contributed by atoms with van der Waals surface area (Å²) in [5.74, 6) is -0.839. The molecule has 170 valence electrons. The molecule has 0 spiro atoms. The molecule has 1 unspecified atom stereocenters. The standard InChI is InChI=1S/C26H24ClNO5.Na/c1-16-3-2-4-17(13-16)9-11-28-25(29)18-5-7-19(8-6-18)33-24-15-23-21(14-22(24)27)20(26(30)31)10-12-32-23;/h2-8,13-15,20H,9-12H2,1H3,(H,28,29)(H,30,31);/q;+1/p-1. The molecular weight excluding hydrogens is 465 g/mol. The van der Waals surface area contributed by atoms with E-state index >= 15 is 0 Å². The fourth-order valence-corrected chi connectivity index (χ4v) is 4.01. The molecule has 1 aliphatic heterocycles. The predicted octanol–water partition coefficient (Wildman–Crippen LogP) is 1.03. The summed E-state index contributed by atoms with van der Waals surface area (Å²) in [5, 5.41) is 14.6. The fraction of sp³-hybridized carbons (Fsp3) is 0.231. The van der Waals surface area contributed by atoms with Crippen molar-refractivity contribution in [3.05, 3.63) is 87.9 Å². The average Bonchev–Trinajstić information content (AvgIpc) is 2.79. The van der Waals surface area contributed by atoms with E-state index in [1.54, 1.807) is 36.4 Å². The molecule has 0 aliphatic carbocycles. The predicted molar refractivity (Wildman–Crippen MR) is 123 cm³/mol. The van der Waals surface area contributed by atoms with E-state index in [1.807, 2.05) is 25.1 Å². The van der Waals surface area contributed by atoms with Crippen molar-refractivity contribution in [3.63, 3.8) is 0 Å². The second-order valence-corrected chi connectivity index (χ2v) is 8.36. The van der Waals surface area contributed by atoms with E-state index in [9.17, 15) is 14.7 Å². The summed E-state index contributed by atoms with van der Waals surface area (Å²) in [4.78, 5) is 23.8. The normalized spacial score (nSPS) is 14.2. The average molecular weight is 488 g/mol. The maximum absolute atomic E-state index is 12.4. The Morgan fingerprint density at radius 1 is 1.15 bits per heavy atom. The van der Waals surface area contributed by atoms with Crippen LogP contribution in [0.25, 0.3) is 0 Å². The maximum atomic E-state index is 12.4. The van der Waals surface area contributed by atoms with Gasteiger partial charge in [0.15, 0.2) is 0 Å². The molecule has 3 aromatic rings. The minimum absolute atomic E-state index is 0. The van der Waals surface area contributed by atoms with Crippen molar-refractivity contribution in [1.29, 1.82) is 0 Å². The Morgan fingerprint density at radius 2 is 1.91 bits per heavy atom. The van der Waals surface area contributed by atoms with Gasteiger partial charge in [0.2, 0.25) is 0 Å². The minimum Gasteiger partial charge on any atom is -0.549 e. The summed E-state index contributed by atoms with van der Waals surface area (Å²) in [7, 11) is 0. The minimum atomic E-state index is -1.16. The quantitative estimate of drug-likeness (QED) is 0.503. The van der Waals surface area contributed by atoms with Crippen molar-refractivity contribution in [2.45, 2.75) is 25.7 Å². The van der Waals surface area contributed by atoms with Crippen LogP contribution in [0.2, 0.25) is 5.02 Å². The second-order valence-electron chi connectivity index (χ2n) is 7.95. The molecule has 8 heteroatoms. The molecule has 0 radical (unpaired) electrons. The Bertz CT molecular complexity index is 1180. The second kappa shape index (κ2) is 11.8. The van der Waals surface area contributed by atoms with Gasteiger partial charge in [0.05, 0.1) is 11.6 Å². The number of carboxylic acids is 1. The summed E-state index contributed by atoms with van der Waals surface area (Å²) in [5.41, 5.74) is 3.37. The third-order valence-corrected chi connectivity index (χ3v) is 5.81. The van der Waals surface area contributed by atoms with Crippen molar-refractivity contribution >= 4 is 23.5 Å². The molecule has 6 nitrogen and oxygen atoms in total. The third kappa shape index (κ3) is 6.33. The SMILES string of the molecule is Cc1cccc(CCNC(=O)c2ccc(Oc3cc4c(cc3Cl)C(C(=O)[O-])CCO4)cc2)c1.[Na+]. The van der Waals surface area contributed by atoms with Gasteiger partial charge in [-0.25, -0.2) is 0 Å².